The van der Waals surface area contributed by atoms with E-state index in [1.165, 1.54) is 16.0 Å². The van der Waals surface area contributed by atoms with E-state index in [9.17, 15) is 14.4 Å². The highest BCUT2D eigenvalue weighted by molar-refractivity contribution is 7.99. The topological polar surface area (TPSA) is 117 Å². The van der Waals surface area contributed by atoms with Gasteiger partial charge in [-0.2, -0.15) is 0 Å². The number of nitrogens with one attached hydrogen (secondary N) is 1. The Kier molecular flexibility index (Phi) is 9.34. The van der Waals surface area contributed by atoms with Crippen LogP contribution in [-0.4, -0.2) is 69.8 Å². The summed E-state index contributed by atoms with van der Waals surface area (Å²) in [6, 6.07) is 15.7. The summed E-state index contributed by atoms with van der Waals surface area (Å²) in [5.74, 6) is 0.599. The molecule has 10 heteroatoms. The number of aliphatic imine (C=N–C) groups is 1. The number of carbonyl (C=O) groups excluding carboxylic acids is 3. The van der Waals surface area contributed by atoms with Crippen LogP contribution in [0.15, 0.2) is 59.6 Å². The third-order valence-corrected chi connectivity index (χ3v) is 10.3. The number of rotatable bonds is 7. The van der Waals surface area contributed by atoms with E-state index in [1.54, 1.807) is 30.6 Å². The molecule has 2 aromatic carbocycles. The van der Waals surface area contributed by atoms with Gasteiger partial charge in [-0.05, 0) is 66.9 Å². The number of nitrogens with zero attached hydrogens (tertiary/aromatic N) is 3. The molecule has 2 fully saturated rings. The fourth-order valence-corrected chi connectivity index (χ4v) is 8.01. The summed E-state index contributed by atoms with van der Waals surface area (Å²) in [7, 11) is 1.61. The van der Waals surface area contributed by atoms with Crippen LogP contribution >= 0.6 is 11.8 Å². The Labute approximate surface area is 258 Å². The van der Waals surface area contributed by atoms with Gasteiger partial charge in [0.05, 0.1) is 17.5 Å². The number of amides is 3. The molecule has 0 saturated carbocycles. The molecule has 2 saturated heterocycles. The van der Waals surface area contributed by atoms with Crippen molar-refractivity contribution in [2.24, 2.45) is 16.1 Å². The highest BCUT2D eigenvalue weighted by atomic mass is 32.2. The lowest BCUT2D eigenvalue weighted by Crippen LogP contribution is -2.55. The fourth-order valence-electron chi connectivity index (χ4n) is 6.44. The second kappa shape index (κ2) is 13.0. The van der Waals surface area contributed by atoms with E-state index in [0.717, 1.165) is 37.0 Å². The van der Waals surface area contributed by atoms with Gasteiger partial charge in [-0.25, -0.2) is 4.79 Å². The third kappa shape index (κ3) is 6.69. The maximum Gasteiger partial charge on any atom is 0.410 e. The summed E-state index contributed by atoms with van der Waals surface area (Å²) >= 11 is 1.70. The van der Waals surface area contributed by atoms with Crippen LogP contribution in [0, 0.1) is 5.41 Å². The number of amidine groups is 1. The smallest absolute Gasteiger partial charge is 0.410 e. The minimum Gasteiger partial charge on any atom is -0.445 e. The first-order valence-electron chi connectivity index (χ1n) is 15.2. The van der Waals surface area contributed by atoms with Gasteiger partial charge in [-0.15, -0.1) is 11.8 Å². The Bertz CT molecular complexity index is 1370. The van der Waals surface area contributed by atoms with E-state index >= 15 is 0 Å². The van der Waals surface area contributed by atoms with E-state index < -0.39 is 29.6 Å². The minimum atomic E-state index is -0.728. The second-order valence-corrected chi connectivity index (χ2v) is 13.8. The predicted molar refractivity (Wildman–Crippen MR) is 169 cm³/mol. The van der Waals surface area contributed by atoms with Crippen LogP contribution in [-0.2, 0) is 27.4 Å². The molecule has 0 spiro atoms. The molecule has 3 aliphatic rings. The van der Waals surface area contributed by atoms with Crippen LogP contribution < -0.4 is 11.1 Å². The van der Waals surface area contributed by atoms with Crippen molar-refractivity contribution in [3.63, 3.8) is 0 Å². The van der Waals surface area contributed by atoms with E-state index in [1.807, 2.05) is 42.5 Å². The summed E-state index contributed by atoms with van der Waals surface area (Å²) in [5, 5.41) is 3.21. The standard InChI is InChI=1S/C33H43N5O4S/c1-21(37(4)32(41)42-20-22-11-6-5-7-12-22)29(34)35-26-17-18-43-27-19-33(2,3)28(38(27)31(26)40)30(39)36-25-16-10-14-23-13-8-9-15-24(23)25/h5-9,11-13,15,21,25-28H,10,14,16-20H2,1-4H3,(H2,34,35)(H,36,39)/t21-,25+,26-,27-,28+/m0/s1. The SMILES string of the molecule is C[C@@H](C(N)=N[C@H]1CCS[C@H]2CC(C)(C)[C@@H](C(=O)N[C@@H]3CCCc4ccccc43)N2C1=O)N(C)C(=O)OCc1ccccc1. The molecule has 0 bridgehead atoms. The van der Waals surface area contributed by atoms with Crippen molar-refractivity contribution in [3.8, 4) is 0 Å². The van der Waals surface area contributed by atoms with E-state index in [-0.39, 0.29) is 35.7 Å². The number of benzene rings is 2. The summed E-state index contributed by atoms with van der Waals surface area (Å²) in [5.41, 5.74) is 9.33. The molecule has 2 aliphatic heterocycles. The lowest BCUT2D eigenvalue weighted by atomic mass is 9.83. The molecule has 3 N–H and O–H groups in total. The number of nitrogens with two attached hydrogens (primary N) is 1. The van der Waals surface area contributed by atoms with Crippen molar-refractivity contribution in [1.29, 1.82) is 0 Å². The molecule has 1 aliphatic carbocycles. The Morgan fingerprint density at radius 2 is 1.88 bits per heavy atom. The zero-order chi connectivity index (χ0) is 30.7. The molecule has 0 radical (unpaired) electrons. The van der Waals surface area contributed by atoms with Crippen LogP contribution in [0.2, 0.25) is 0 Å². The van der Waals surface area contributed by atoms with Gasteiger partial charge in [0.2, 0.25) is 11.8 Å². The highest BCUT2D eigenvalue weighted by Gasteiger charge is 2.54. The zero-order valence-corrected chi connectivity index (χ0v) is 26.3. The number of likely N-dealkylation sites (N-methyl/N-ethyl adjacent to an activating group) is 1. The molecule has 5 rings (SSSR count). The first kappa shape index (κ1) is 30.9. The average Bonchev–Trinajstić information content (AvgIpc) is 3.20. The van der Waals surface area contributed by atoms with E-state index in [0.29, 0.717) is 6.42 Å². The quantitative estimate of drug-likeness (QED) is 0.351. The van der Waals surface area contributed by atoms with Crippen LogP contribution in [0.1, 0.15) is 69.2 Å². The van der Waals surface area contributed by atoms with Crippen molar-refractivity contribution in [2.45, 2.75) is 89.0 Å². The largest absolute Gasteiger partial charge is 0.445 e. The summed E-state index contributed by atoms with van der Waals surface area (Å²) < 4.78 is 5.45. The lowest BCUT2D eigenvalue weighted by Gasteiger charge is -2.35. The van der Waals surface area contributed by atoms with Gasteiger partial charge < -0.3 is 25.6 Å². The van der Waals surface area contributed by atoms with Crippen LogP contribution in [0.4, 0.5) is 4.79 Å². The molecule has 0 unspecified atom stereocenters. The maximum absolute atomic E-state index is 14.1. The molecule has 3 amide bonds. The molecule has 2 heterocycles. The Hall–Kier alpha value is -3.53. The van der Waals surface area contributed by atoms with Crippen LogP contribution in [0.5, 0.6) is 0 Å². The molecule has 230 valence electrons. The van der Waals surface area contributed by atoms with Gasteiger partial charge in [-0.1, -0.05) is 68.4 Å². The lowest BCUT2D eigenvalue weighted by molar-refractivity contribution is -0.142. The van der Waals surface area contributed by atoms with Gasteiger partial charge in [-0.3, -0.25) is 14.6 Å². The van der Waals surface area contributed by atoms with Crippen molar-refractivity contribution in [2.75, 3.05) is 12.8 Å². The van der Waals surface area contributed by atoms with Crippen molar-refractivity contribution >= 4 is 35.5 Å². The minimum absolute atomic E-state index is 0.0653. The first-order chi connectivity index (χ1) is 20.6. The molecule has 43 heavy (non-hydrogen) atoms. The molecular formula is C33H43N5O4S. The zero-order valence-electron chi connectivity index (χ0n) is 25.5. The number of aryl methyl sites for hydroxylation is 1. The number of ether oxygens (including phenoxy) is 1. The number of fused-ring (bicyclic) bond motifs is 2. The van der Waals surface area contributed by atoms with Gasteiger partial charge in [0.1, 0.15) is 24.5 Å². The van der Waals surface area contributed by atoms with Gasteiger partial charge in [0, 0.05) is 7.05 Å². The second-order valence-electron chi connectivity index (χ2n) is 12.5. The Morgan fingerprint density at radius 1 is 1.16 bits per heavy atom. The fraction of sp³-hybridized carbons (Fsp3) is 0.515. The van der Waals surface area contributed by atoms with Crippen molar-refractivity contribution in [3.05, 3.63) is 71.3 Å². The van der Waals surface area contributed by atoms with Gasteiger partial charge in [0.25, 0.3) is 0 Å². The first-order valence-corrected chi connectivity index (χ1v) is 16.2. The summed E-state index contributed by atoms with van der Waals surface area (Å²) in [6.07, 6.45) is 3.61. The Balaban J connectivity index is 1.29. The highest BCUT2D eigenvalue weighted by Crippen LogP contribution is 2.47. The molecule has 0 aromatic heterocycles. The normalized spacial score (nSPS) is 25.6. The van der Waals surface area contributed by atoms with Gasteiger partial charge in [0.15, 0.2) is 0 Å². The predicted octanol–water partition coefficient (Wildman–Crippen LogP) is 4.65. The maximum atomic E-state index is 14.1. The third-order valence-electron chi connectivity index (χ3n) is 9.01. The number of carbonyl (C=O) groups is 3. The molecule has 9 nitrogen and oxygen atoms in total. The van der Waals surface area contributed by atoms with Crippen molar-refractivity contribution in [1.82, 2.24) is 15.1 Å². The van der Waals surface area contributed by atoms with E-state index in [4.69, 9.17) is 10.5 Å². The average molecular weight is 606 g/mol. The molecule has 5 atom stereocenters. The number of thioether (sulfide) groups is 1. The van der Waals surface area contributed by atoms with E-state index in [2.05, 4.69) is 36.3 Å². The number of hydrogen-bond donors (Lipinski definition) is 2. The van der Waals surface area contributed by atoms with Crippen LogP contribution in [0.25, 0.3) is 0 Å². The van der Waals surface area contributed by atoms with Crippen molar-refractivity contribution < 1.29 is 19.1 Å². The summed E-state index contributed by atoms with van der Waals surface area (Å²) in [6.45, 7) is 6.05. The monoisotopic (exact) mass is 605 g/mol. The molecular weight excluding hydrogens is 562 g/mol. The van der Waals surface area contributed by atoms with Gasteiger partial charge >= 0.3 is 6.09 Å². The summed E-state index contributed by atoms with van der Waals surface area (Å²) in [4.78, 5) is 48.6. The molecule has 2 aromatic rings. The van der Waals surface area contributed by atoms with Crippen LogP contribution in [0.3, 0.4) is 0 Å². The Morgan fingerprint density at radius 3 is 2.65 bits per heavy atom. The number of hydrogen-bond acceptors (Lipinski definition) is 6.